The number of rotatable bonds is 8. The summed E-state index contributed by atoms with van der Waals surface area (Å²) in [5.41, 5.74) is -0.201. The predicted molar refractivity (Wildman–Crippen MR) is 125 cm³/mol. The Morgan fingerprint density at radius 2 is 1.83 bits per heavy atom. The van der Waals surface area contributed by atoms with E-state index in [4.69, 9.17) is 18.9 Å². The van der Waals surface area contributed by atoms with Crippen LogP contribution >= 0.6 is 0 Å². The second-order valence-electron chi connectivity index (χ2n) is 10.0. The summed E-state index contributed by atoms with van der Waals surface area (Å²) in [6, 6.07) is 12.9. The van der Waals surface area contributed by atoms with Crippen LogP contribution in [0.15, 0.2) is 48.5 Å². The molecule has 2 aromatic rings. The van der Waals surface area contributed by atoms with E-state index in [-0.39, 0.29) is 43.1 Å². The molecule has 1 aliphatic carbocycles. The fourth-order valence-corrected chi connectivity index (χ4v) is 4.73. The van der Waals surface area contributed by atoms with Crippen molar-refractivity contribution in [3.8, 4) is 0 Å². The first-order chi connectivity index (χ1) is 16.6. The Labute approximate surface area is 204 Å². The monoisotopic (exact) mass is 489 g/mol. The van der Waals surface area contributed by atoms with Crippen LogP contribution in [0.1, 0.15) is 51.7 Å². The molecule has 1 saturated heterocycles. The Bertz CT molecular complexity index is 1030. The van der Waals surface area contributed by atoms with Gasteiger partial charge in [-0.3, -0.25) is 4.79 Å². The highest BCUT2D eigenvalue weighted by molar-refractivity contribution is 5.85. The highest BCUT2D eigenvalue weighted by Gasteiger charge is 2.58. The first-order valence-electron chi connectivity index (χ1n) is 12.0. The van der Waals surface area contributed by atoms with Crippen molar-refractivity contribution in [2.24, 2.45) is 0 Å². The number of ether oxygens (including phenoxy) is 4. The lowest BCUT2D eigenvalue weighted by atomic mass is 9.78. The average molecular weight is 490 g/mol. The first kappa shape index (κ1) is 25.7. The molecule has 0 unspecified atom stereocenters. The van der Waals surface area contributed by atoms with Gasteiger partial charge in [0.1, 0.15) is 17.7 Å². The molecule has 0 radical (unpaired) electrons. The van der Waals surface area contributed by atoms with E-state index in [1.54, 1.807) is 0 Å². The van der Waals surface area contributed by atoms with Crippen molar-refractivity contribution in [2.45, 2.75) is 89.5 Å². The van der Waals surface area contributed by atoms with Gasteiger partial charge in [-0.1, -0.05) is 36.4 Å². The fourth-order valence-electron chi connectivity index (χ4n) is 4.73. The van der Waals surface area contributed by atoms with Gasteiger partial charge in [0.15, 0.2) is 11.4 Å². The lowest BCUT2D eigenvalue weighted by Gasteiger charge is -2.43. The van der Waals surface area contributed by atoms with E-state index in [2.05, 4.69) is 5.32 Å². The Kier molecular flexibility index (Phi) is 7.57. The minimum absolute atomic E-state index is 0.135. The summed E-state index contributed by atoms with van der Waals surface area (Å²) < 4.78 is 52.6. The van der Waals surface area contributed by atoms with Crippen LogP contribution in [0.3, 0.4) is 0 Å². The molecular weight excluding hydrogens is 456 g/mol. The number of hydrogen-bond acceptors (Lipinski definition) is 5. The molecule has 1 N–H and O–H groups in total. The lowest BCUT2D eigenvalue weighted by molar-refractivity contribution is -0.184. The molecule has 190 valence electrons. The predicted octanol–water partition coefficient (Wildman–Crippen LogP) is 4.64. The van der Waals surface area contributed by atoms with Gasteiger partial charge < -0.3 is 24.3 Å². The van der Waals surface area contributed by atoms with Gasteiger partial charge in [0.05, 0.1) is 25.4 Å². The van der Waals surface area contributed by atoms with Crippen molar-refractivity contribution in [1.82, 2.24) is 5.32 Å². The standard InChI is InChI=1S/C27H33F2NO5/c1-17(2)30-25(31)27(33-16-19-10-11-20(28)12-21(19)29)13-22(32-15-18-8-6-5-7-9-18)24-23(14-27)34-26(3,4)35-24/h5-12,17,22-24H,13-16H2,1-4H3,(H,30,31)/t22-,23+,24-,27+/m0/s1. The van der Waals surface area contributed by atoms with E-state index in [0.717, 1.165) is 11.6 Å². The summed E-state index contributed by atoms with van der Waals surface area (Å²) in [4.78, 5) is 13.5. The molecule has 1 aliphatic heterocycles. The summed E-state index contributed by atoms with van der Waals surface area (Å²) in [6.07, 6.45) is -0.947. The molecule has 4 atom stereocenters. The number of halogens is 2. The van der Waals surface area contributed by atoms with Gasteiger partial charge in [-0.2, -0.15) is 0 Å². The van der Waals surface area contributed by atoms with E-state index in [1.807, 2.05) is 58.0 Å². The van der Waals surface area contributed by atoms with E-state index < -0.39 is 35.2 Å². The molecule has 1 amide bonds. The summed E-state index contributed by atoms with van der Waals surface area (Å²) in [5.74, 6) is -2.57. The molecule has 1 heterocycles. The van der Waals surface area contributed by atoms with E-state index in [9.17, 15) is 13.6 Å². The molecule has 4 rings (SSSR count). The van der Waals surface area contributed by atoms with Gasteiger partial charge in [0.2, 0.25) is 0 Å². The zero-order valence-corrected chi connectivity index (χ0v) is 20.6. The van der Waals surface area contributed by atoms with Crippen LogP contribution in [-0.2, 0) is 37.0 Å². The maximum Gasteiger partial charge on any atom is 0.252 e. The molecule has 1 saturated carbocycles. The summed E-state index contributed by atoms with van der Waals surface area (Å²) in [6.45, 7) is 7.49. The number of carbonyl (C=O) groups is 1. The maximum absolute atomic E-state index is 14.4. The smallest absolute Gasteiger partial charge is 0.252 e. The average Bonchev–Trinajstić information content (AvgIpc) is 3.10. The third-order valence-electron chi connectivity index (χ3n) is 6.31. The molecule has 8 heteroatoms. The molecular formula is C27H33F2NO5. The van der Waals surface area contributed by atoms with Crippen molar-refractivity contribution >= 4 is 5.91 Å². The highest BCUT2D eigenvalue weighted by Crippen LogP contribution is 2.44. The van der Waals surface area contributed by atoms with Crippen LogP contribution < -0.4 is 5.32 Å². The topological polar surface area (TPSA) is 66.0 Å². The molecule has 2 fully saturated rings. The van der Waals surface area contributed by atoms with Gasteiger partial charge in [-0.05, 0) is 39.3 Å². The molecule has 0 aromatic heterocycles. The van der Waals surface area contributed by atoms with E-state index in [0.29, 0.717) is 6.61 Å². The minimum atomic E-state index is -1.35. The fraction of sp³-hybridized carbons (Fsp3) is 0.519. The molecule has 0 spiro atoms. The van der Waals surface area contributed by atoms with Crippen LogP contribution in [0.2, 0.25) is 0 Å². The molecule has 6 nitrogen and oxygen atoms in total. The third-order valence-corrected chi connectivity index (χ3v) is 6.31. The second kappa shape index (κ2) is 10.3. The Balaban J connectivity index is 1.62. The number of carbonyl (C=O) groups excluding carboxylic acids is 1. The van der Waals surface area contributed by atoms with E-state index in [1.165, 1.54) is 12.1 Å². The molecule has 2 aromatic carbocycles. The van der Waals surface area contributed by atoms with Gasteiger partial charge >= 0.3 is 0 Å². The van der Waals surface area contributed by atoms with Crippen molar-refractivity contribution in [2.75, 3.05) is 0 Å². The third kappa shape index (κ3) is 6.06. The van der Waals surface area contributed by atoms with Crippen LogP contribution in [0.4, 0.5) is 8.78 Å². The second-order valence-corrected chi connectivity index (χ2v) is 10.0. The van der Waals surface area contributed by atoms with Gasteiger partial charge in [-0.25, -0.2) is 8.78 Å². The number of hydrogen-bond donors (Lipinski definition) is 1. The highest BCUT2D eigenvalue weighted by atomic mass is 19.1. The zero-order valence-electron chi connectivity index (χ0n) is 20.6. The summed E-state index contributed by atoms with van der Waals surface area (Å²) >= 11 is 0. The Morgan fingerprint density at radius 3 is 2.51 bits per heavy atom. The Morgan fingerprint density at radius 1 is 1.09 bits per heavy atom. The van der Waals surface area contributed by atoms with Crippen molar-refractivity contribution in [3.63, 3.8) is 0 Å². The van der Waals surface area contributed by atoms with Crippen molar-refractivity contribution in [1.29, 1.82) is 0 Å². The molecule has 35 heavy (non-hydrogen) atoms. The summed E-state index contributed by atoms with van der Waals surface area (Å²) in [5, 5.41) is 2.94. The van der Waals surface area contributed by atoms with E-state index >= 15 is 0 Å². The van der Waals surface area contributed by atoms with Crippen molar-refractivity contribution in [3.05, 3.63) is 71.3 Å². The SMILES string of the molecule is CC(C)NC(=O)[C@@]1(OCc2ccc(F)cc2F)C[C@H](OCc2ccccc2)[C@@H]2OC(C)(C)O[C@@H]2C1. The van der Waals surface area contributed by atoms with Gasteiger partial charge in [0, 0.05) is 30.5 Å². The van der Waals surface area contributed by atoms with Crippen LogP contribution in [0, 0.1) is 11.6 Å². The van der Waals surface area contributed by atoms with Crippen molar-refractivity contribution < 1.29 is 32.5 Å². The number of fused-ring (bicyclic) bond motifs is 1. The minimum Gasteiger partial charge on any atom is -0.371 e. The van der Waals surface area contributed by atoms with Gasteiger partial charge in [0.25, 0.3) is 5.91 Å². The van der Waals surface area contributed by atoms with Crippen LogP contribution in [-0.4, -0.2) is 41.6 Å². The number of benzene rings is 2. The van der Waals surface area contributed by atoms with Crippen LogP contribution in [0.5, 0.6) is 0 Å². The van der Waals surface area contributed by atoms with Crippen LogP contribution in [0.25, 0.3) is 0 Å². The summed E-state index contributed by atoms with van der Waals surface area (Å²) in [7, 11) is 0. The zero-order chi connectivity index (χ0) is 25.2. The maximum atomic E-state index is 14.4. The van der Waals surface area contributed by atoms with Gasteiger partial charge in [-0.15, -0.1) is 0 Å². The molecule has 2 aliphatic rings. The molecule has 0 bridgehead atoms. The number of nitrogens with one attached hydrogen (secondary N) is 1. The number of amides is 1. The normalized spacial score (nSPS) is 27.6. The first-order valence-corrected chi connectivity index (χ1v) is 12.0. The quantitative estimate of drug-likeness (QED) is 0.585. The largest absolute Gasteiger partial charge is 0.371 e. The lowest BCUT2D eigenvalue weighted by Crippen LogP contribution is -2.60. The Hall–Kier alpha value is -2.39.